The molecule has 0 saturated carbocycles. The smallest absolute Gasteiger partial charge is 0.0700 e. The van der Waals surface area contributed by atoms with Gasteiger partial charge < -0.3 is 5.73 Å². The van der Waals surface area contributed by atoms with Crippen LogP contribution in [0.15, 0.2) is 0 Å². The molecule has 0 amide bonds. The van der Waals surface area contributed by atoms with E-state index in [-0.39, 0.29) is 6.04 Å². The molecule has 3 nitrogen and oxygen atoms in total. The topological polar surface area (TPSA) is 43.8 Å². The molecule has 1 aromatic heterocycles. The van der Waals surface area contributed by atoms with Crippen LogP contribution in [-0.2, 0) is 13.5 Å². The van der Waals surface area contributed by atoms with Gasteiger partial charge in [-0.25, -0.2) is 0 Å². The van der Waals surface area contributed by atoms with Gasteiger partial charge in [-0.05, 0) is 24.7 Å². The van der Waals surface area contributed by atoms with E-state index in [1.54, 1.807) is 0 Å². The molecular weight excluding hydrogens is 186 g/mol. The fraction of sp³-hybridized carbons (Fsp3) is 0.750. The van der Waals surface area contributed by atoms with Gasteiger partial charge in [0, 0.05) is 24.3 Å². The minimum atomic E-state index is 0.180. The van der Waals surface area contributed by atoms with Gasteiger partial charge in [-0.2, -0.15) is 5.10 Å². The molecule has 2 N–H and O–H groups in total. The fourth-order valence-electron chi connectivity index (χ4n) is 2.51. The van der Waals surface area contributed by atoms with Crippen molar-refractivity contribution in [3.8, 4) is 0 Å². The minimum absolute atomic E-state index is 0.180. The van der Waals surface area contributed by atoms with Crippen molar-refractivity contribution in [1.82, 2.24) is 9.78 Å². The Bertz CT molecular complexity index is 365. The summed E-state index contributed by atoms with van der Waals surface area (Å²) in [6.45, 7) is 6.62. The Hall–Kier alpha value is -0.830. The van der Waals surface area contributed by atoms with Crippen LogP contribution in [0.2, 0.25) is 0 Å². The molecule has 2 unspecified atom stereocenters. The zero-order chi connectivity index (χ0) is 11.2. The van der Waals surface area contributed by atoms with Crippen molar-refractivity contribution >= 4 is 0 Å². The predicted molar refractivity (Wildman–Crippen MR) is 61.7 cm³/mol. The predicted octanol–water partition coefficient (Wildman–Crippen LogP) is 2.13. The summed E-state index contributed by atoms with van der Waals surface area (Å²) in [5.74, 6) is 1.05. The molecule has 84 valence electrons. The molecule has 2 rings (SSSR count). The molecule has 2 atom stereocenters. The summed E-state index contributed by atoms with van der Waals surface area (Å²) in [6.07, 6.45) is 2.31. The molecule has 0 bridgehead atoms. The summed E-state index contributed by atoms with van der Waals surface area (Å²) in [4.78, 5) is 0. The van der Waals surface area contributed by atoms with Crippen LogP contribution in [0.3, 0.4) is 0 Å². The van der Waals surface area contributed by atoms with Gasteiger partial charge >= 0.3 is 0 Å². The standard InChI is InChI=1S/C12H21N3/c1-7(2)12-10-9(15(4)14-12)6-5-8(3)11(10)13/h7-8,11H,5-6,13H2,1-4H3. The van der Waals surface area contributed by atoms with E-state index in [1.807, 2.05) is 11.7 Å². The molecule has 1 heterocycles. The molecule has 15 heavy (non-hydrogen) atoms. The van der Waals surface area contributed by atoms with Gasteiger partial charge in [-0.3, -0.25) is 4.68 Å². The lowest BCUT2D eigenvalue weighted by molar-refractivity contribution is 0.402. The molecule has 0 saturated heterocycles. The number of hydrogen-bond acceptors (Lipinski definition) is 2. The fourth-order valence-corrected chi connectivity index (χ4v) is 2.51. The van der Waals surface area contributed by atoms with E-state index in [0.29, 0.717) is 11.8 Å². The summed E-state index contributed by atoms with van der Waals surface area (Å²) in [5, 5.41) is 4.61. The number of nitrogens with two attached hydrogens (primary N) is 1. The quantitative estimate of drug-likeness (QED) is 0.766. The average Bonchev–Trinajstić information content (AvgIpc) is 2.50. The molecule has 3 heteroatoms. The highest BCUT2D eigenvalue weighted by atomic mass is 15.3. The van der Waals surface area contributed by atoms with E-state index in [0.717, 1.165) is 6.42 Å². The highest BCUT2D eigenvalue weighted by molar-refractivity contribution is 5.34. The average molecular weight is 207 g/mol. The van der Waals surface area contributed by atoms with Crippen LogP contribution in [-0.4, -0.2) is 9.78 Å². The monoisotopic (exact) mass is 207 g/mol. The Kier molecular flexibility index (Phi) is 2.59. The van der Waals surface area contributed by atoms with Crippen molar-refractivity contribution < 1.29 is 0 Å². The van der Waals surface area contributed by atoms with E-state index in [4.69, 9.17) is 5.73 Å². The first kappa shape index (κ1) is 10.7. The maximum Gasteiger partial charge on any atom is 0.0700 e. The van der Waals surface area contributed by atoms with Crippen LogP contribution in [0.4, 0.5) is 0 Å². The lowest BCUT2D eigenvalue weighted by Gasteiger charge is -2.27. The van der Waals surface area contributed by atoms with Crippen LogP contribution in [0, 0.1) is 5.92 Å². The second-order valence-corrected chi connectivity index (χ2v) is 5.07. The van der Waals surface area contributed by atoms with Gasteiger partial charge in [0.1, 0.15) is 0 Å². The van der Waals surface area contributed by atoms with Crippen molar-refractivity contribution in [2.45, 2.75) is 45.6 Å². The molecule has 1 aromatic rings. The molecular formula is C12H21N3. The second-order valence-electron chi connectivity index (χ2n) is 5.07. The van der Waals surface area contributed by atoms with Crippen LogP contribution in [0.1, 0.15) is 56.1 Å². The summed E-state index contributed by atoms with van der Waals surface area (Å²) in [7, 11) is 2.04. The maximum absolute atomic E-state index is 6.29. The lowest BCUT2D eigenvalue weighted by Crippen LogP contribution is -2.26. The largest absolute Gasteiger partial charge is 0.324 e. The van der Waals surface area contributed by atoms with E-state index >= 15 is 0 Å². The zero-order valence-corrected chi connectivity index (χ0v) is 10.1. The molecule has 1 aliphatic carbocycles. The van der Waals surface area contributed by atoms with Gasteiger partial charge in [-0.15, -0.1) is 0 Å². The normalized spacial score (nSPS) is 25.7. The Morgan fingerprint density at radius 1 is 1.47 bits per heavy atom. The van der Waals surface area contributed by atoms with E-state index in [2.05, 4.69) is 25.9 Å². The summed E-state index contributed by atoms with van der Waals surface area (Å²) >= 11 is 0. The van der Waals surface area contributed by atoms with Gasteiger partial charge in [0.2, 0.25) is 0 Å². The van der Waals surface area contributed by atoms with Crippen LogP contribution in [0.25, 0.3) is 0 Å². The van der Waals surface area contributed by atoms with Crippen LogP contribution in [0.5, 0.6) is 0 Å². The summed E-state index contributed by atoms with van der Waals surface area (Å²) in [6, 6.07) is 0.180. The Labute approximate surface area is 91.7 Å². The number of rotatable bonds is 1. The number of aromatic nitrogens is 2. The highest BCUT2D eigenvalue weighted by Gasteiger charge is 2.30. The Morgan fingerprint density at radius 2 is 2.13 bits per heavy atom. The maximum atomic E-state index is 6.29. The van der Waals surface area contributed by atoms with Crippen molar-refractivity contribution in [1.29, 1.82) is 0 Å². The van der Waals surface area contributed by atoms with E-state index in [9.17, 15) is 0 Å². The van der Waals surface area contributed by atoms with Crippen molar-refractivity contribution in [2.75, 3.05) is 0 Å². The third kappa shape index (κ3) is 1.59. The summed E-state index contributed by atoms with van der Waals surface area (Å²) < 4.78 is 2.02. The van der Waals surface area contributed by atoms with E-state index in [1.165, 1.54) is 23.4 Å². The van der Waals surface area contributed by atoms with Gasteiger partial charge in [0.15, 0.2) is 0 Å². The SMILES string of the molecule is CC(C)c1nn(C)c2c1C(N)C(C)CC2. The Balaban J connectivity index is 2.53. The first-order chi connectivity index (χ1) is 7.02. The molecule has 0 radical (unpaired) electrons. The molecule has 0 aromatic carbocycles. The van der Waals surface area contributed by atoms with Crippen molar-refractivity contribution in [3.63, 3.8) is 0 Å². The third-order valence-electron chi connectivity index (χ3n) is 3.56. The minimum Gasteiger partial charge on any atom is -0.324 e. The molecule has 0 spiro atoms. The van der Waals surface area contributed by atoms with Gasteiger partial charge in [-0.1, -0.05) is 20.8 Å². The first-order valence-corrected chi connectivity index (χ1v) is 5.83. The third-order valence-corrected chi connectivity index (χ3v) is 3.56. The number of hydrogen-bond donors (Lipinski definition) is 1. The number of fused-ring (bicyclic) bond motifs is 1. The van der Waals surface area contributed by atoms with Crippen LogP contribution < -0.4 is 5.73 Å². The lowest BCUT2D eigenvalue weighted by atomic mass is 9.82. The molecule has 0 fully saturated rings. The number of nitrogens with zero attached hydrogens (tertiary/aromatic N) is 2. The second kappa shape index (κ2) is 3.63. The zero-order valence-electron chi connectivity index (χ0n) is 10.1. The molecule has 1 aliphatic rings. The first-order valence-electron chi connectivity index (χ1n) is 5.83. The molecule has 0 aliphatic heterocycles. The summed E-state index contributed by atoms with van der Waals surface area (Å²) in [5.41, 5.74) is 10.2. The van der Waals surface area contributed by atoms with Gasteiger partial charge in [0.25, 0.3) is 0 Å². The van der Waals surface area contributed by atoms with Gasteiger partial charge in [0.05, 0.1) is 5.69 Å². The highest BCUT2D eigenvalue weighted by Crippen LogP contribution is 2.36. The van der Waals surface area contributed by atoms with Crippen molar-refractivity contribution in [3.05, 3.63) is 17.0 Å². The van der Waals surface area contributed by atoms with Crippen molar-refractivity contribution in [2.24, 2.45) is 18.7 Å². The Morgan fingerprint density at radius 3 is 2.73 bits per heavy atom. The number of aryl methyl sites for hydroxylation is 1. The van der Waals surface area contributed by atoms with Crippen LogP contribution >= 0.6 is 0 Å². The van der Waals surface area contributed by atoms with E-state index < -0.39 is 0 Å².